The van der Waals surface area contributed by atoms with Crippen molar-refractivity contribution in [3.63, 3.8) is 0 Å². The summed E-state index contributed by atoms with van der Waals surface area (Å²) in [6, 6.07) is 3.37. The molecule has 0 radical (unpaired) electrons. The first-order chi connectivity index (χ1) is 10.6. The van der Waals surface area contributed by atoms with E-state index >= 15 is 0 Å². The van der Waals surface area contributed by atoms with Crippen molar-refractivity contribution in [3.8, 4) is 0 Å². The fraction of sp³-hybridized carbons (Fsp3) is 0.500. The average Bonchev–Trinajstić information content (AvgIpc) is 2.79. The maximum absolute atomic E-state index is 14.1. The average molecular weight is 306 g/mol. The number of nitrogens with zero attached hydrogens (tertiary/aromatic N) is 1. The molecule has 1 aliphatic heterocycles. The molecule has 0 aromatic heterocycles. The molecule has 5 nitrogen and oxygen atoms in total. The second kappa shape index (κ2) is 6.14. The van der Waals surface area contributed by atoms with E-state index in [-0.39, 0.29) is 30.2 Å². The molecule has 1 heterocycles. The Balaban J connectivity index is 1.64. The van der Waals surface area contributed by atoms with Gasteiger partial charge in [0.05, 0.1) is 25.8 Å². The Hall–Kier alpha value is -1.79. The molecule has 1 aromatic carbocycles. The van der Waals surface area contributed by atoms with Gasteiger partial charge < -0.3 is 14.8 Å². The lowest BCUT2D eigenvalue weighted by Gasteiger charge is -2.34. The fourth-order valence-corrected chi connectivity index (χ4v) is 2.92. The highest BCUT2D eigenvalue weighted by molar-refractivity contribution is 5.92. The second-order valence-corrected chi connectivity index (χ2v) is 6.05. The summed E-state index contributed by atoms with van der Waals surface area (Å²) in [4.78, 5) is 24.8. The highest BCUT2D eigenvalue weighted by atomic mass is 19.1. The van der Waals surface area contributed by atoms with E-state index in [1.54, 1.807) is 6.07 Å². The van der Waals surface area contributed by atoms with Crippen LogP contribution in [0.25, 0.3) is 0 Å². The number of hydrogen-bond donors (Lipinski definition) is 1. The number of carbonyl (C=O) groups is 2. The molecule has 1 aliphatic carbocycles. The molecule has 1 amide bonds. The summed E-state index contributed by atoms with van der Waals surface area (Å²) in [6.07, 6.45) is 1.86. The molecule has 0 spiro atoms. The van der Waals surface area contributed by atoms with Crippen molar-refractivity contribution in [2.24, 2.45) is 5.92 Å². The molecule has 1 N–H and O–H groups in total. The van der Waals surface area contributed by atoms with Crippen molar-refractivity contribution in [1.29, 1.82) is 0 Å². The van der Waals surface area contributed by atoms with E-state index in [1.807, 2.05) is 11.9 Å². The third-order valence-corrected chi connectivity index (χ3v) is 4.35. The van der Waals surface area contributed by atoms with Gasteiger partial charge in [0.1, 0.15) is 12.1 Å². The van der Waals surface area contributed by atoms with Gasteiger partial charge in [-0.3, -0.25) is 9.69 Å². The minimum atomic E-state index is -0.349. The van der Waals surface area contributed by atoms with Crippen LogP contribution in [0.15, 0.2) is 12.1 Å². The van der Waals surface area contributed by atoms with Crippen LogP contribution in [-0.2, 0) is 27.2 Å². The lowest BCUT2D eigenvalue weighted by molar-refractivity contribution is -0.120. The highest BCUT2D eigenvalue weighted by Crippen LogP contribution is 2.30. The minimum Gasteiger partial charge on any atom is -0.378 e. The molecule has 1 unspecified atom stereocenters. The van der Waals surface area contributed by atoms with E-state index < -0.39 is 0 Å². The number of ether oxygens (including phenoxy) is 1. The summed E-state index contributed by atoms with van der Waals surface area (Å²) in [5.74, 6) is -0.684. The van der Waals surface area contributed by atoms with Gasteiger partial charge in [0.15, 0.2) is 0 Å². The normalized spacial score (nSPS) is 20.6. The Morgan fingerprint density at radius 2 is 2.23 bits per heavy atom. The Bertz CT molecular complexity index is 601. The number of fused-ring (bicyclic) bond motifs is 1. The van der Waals surface area contributed by atoms with Crippen molar-refractivity contribution in [2.45, 2.75) is 18.9 Å². The number of likely N-dealkylation sites (N-methyl/N-ethyl adjacent to an activating group) is 1. The van der Waals surface area contributed by atoms with E-state index in [2.05, 4.69) is 5.32 Å². The molecule has 2 aliphatic rings. The fourth-order valence-electron chi connectivity index (χ4n) is 2.92. The van der Waals surface area contributed by atoms with Gasteiger partial charge in [-0.1, -0.05) is 0 Å². The third-order valence-electron chi connectivity index (χ3n) is 4.35. The van der Waals surface area contributed by atoms with Gasteiger partial charge >= 0.3 is 0 Å². The van der Waals surface area contributed by atoms with Gasteiger partial charge in [-0.25, -0.2) is 4.39 Å². The molecule has 1 saturated heterocycles. The van der Waals surface area contributed by atoms with Gasteiger partial charge in [-0.2, -0.15) is 0 Å². The van der Waals surface area contributed by atoms with Crippen LogP contribution in [0, 0.1) is 11.7 Å². The largest absolute Gasteiger partial charge is 0.378 e. The van der Waals surface area contributed by atoms with Crippen LogP contribution >= 0.6 is 0 Å². The number of nitrogens with one attached hydrogen (secondary N) is 1. The molecule has 118 valence electrons. The summed E-state index contributed by atoms with van der Waals surface area (Å²) in [5, 5.41) is 2.73. The van der Waals surface area contributed by atoms with Crippen molar-refractivity contribution >= 4 is 17.9 Å². The number of aldehydes is 1. The monoisotopic (exact) mass is 306 g/mol. The number of carbonyl (C=O) groups excluding carboxylic acids is 2. The predicted octanol–water partition coefficient (Wildman–Crippen LogP) is 1.01. The van der Waals surface area contributed by atoms with E-state index in [9.17, 15) is 14.0 Å². The SMILES string of the molecule is CN(CC(=O)Nc1cc(F)c2c(c1)CC(C=O)C2)C1COC1. The van der Waals surface area contributed by atoms with E-state index in [0.29, 0.717) is 37.3 Å². The standard InChI is InChI=1S/C16H19FN2O3/c1-19(13-8-22-9-13)6-16(21)18-12-4-11-2-10(7-20)3-14(11)15(17)5-12/h4-5,7,10,13H,2-3,6,8-9H2,1H3,(H,18,21). The molecule has 1 fully saturated rings. The van der Waals surface area contributed by atoms with Crippen LogP contribution in [-0.4, -0.2) is 49.9 Å². The van der Waals surface area contributed by atoms with E-state index in [4.69, 9.17) is 4.74 Å². The van der Waals surface area contributed by atoms with Crippen molar-refractivity contribution in [2.75, 3.05) is 32.1 Å². The summed E-state index contributed by atoms with van der Waals surface area (Å²) < 4.78 is 19.2. The van der Waals surface area contributed by atoms with Gasteiger partial charge in [0.2, 0.25) is 5.91 Å². The molecule has 0 bridgehead atoms. The summed E-state index contributed by atoms with van der Waals surface area (Å²) in [7, 11) is 1.87. The molecule has 1 aromatic rings. The molecule has 6 heteroatoms. The van der Waals surface area contributed by atoms with Gasteiger partial charge in [0, 0.05) is 11.6 Å². The first-order valence-corrected chi connectivity index (χ1v) is 7.41. The number of benzene rings is 1. The van der Waals surface area contributed by atoms with Crippen molar-refractivity contribution < 1.29 is 18.7 Å². The Labute approximate surface area is 128 Å². The zero-order chi connectivity index (χ0) is 15.7. The smallest absolute Gasteiger partial charge is 0.238 e. The van der Waals surface area contributed by atoms with Crippen molar-refractivity contribution in [1.82, 2.24) is 4.90 Å². The third kappa shape index (κ3) is 3.03. The maximum atomic E-state index is 14.1. The van der Waals surface area contributed by atoms with Crippen LogP contribution in [0.3, 0.4) is 0 Å². The molecule has 1 atom stereocenters. The summed E-state index contributed by atoms with van der Waals surface area (Å²) in [6.45, 7) is 1.53. The van der Waals surface area contributed by atoms with Crippen LogP contribution in [0.4, 0.5) is 10.1 Å². The topological polar surface area (TPSA) is 58.6 Å². The Morgan fingerprint density at radius 1 is 1.45 bits per heavy atom. The first-order valence-electron chi connectivity index (χ1n) is 7.41. The number of anilines is 1. The Morgan fingerprint density at radius 3 is 2.86 bits per heavy atom. The molecule has 22 heavy (non-hydrogen) atoms. The van der Waals surface area contributed by atoms with Gasteiger partial charge in [-0.15, -0.1) is 0 Å². The lowest BCUT2D eigenvalue weighted by atomic mass is 10.1. The summed E-state index contributed by atoms with van der Waals surface area (Å²) >= 11 is 0. The number of rotatable bonds is 5. The Kier molecular flexibility index (Phi) is 4.22. The molecule has 0 saturated carbocycles. The quantitative estimate of drug-likeness (QED) is 0.825. The predicted molar refractivity (Wildman–Crippen MR) is 79.2 cm³/mol. The number of halogens is 1. The lowest BCUT2D eigenvalue weighted by Crippen LogP contribution is -2.49. The molecular formula is C16H19FN2O3. The van der Waals surface area contributed by atoms with Crippen LogP contribution in [0.5, 0.6) is 0 Å². The maximum Gasteiger partial charge on any atom is 0.238 e. The van der Waals surface area contributed by atoms with Crippen LogP contribution < -0.4 is 5.32 Å². The molecule has 3 rings (SSSR count). The first kappa shape index (κ1) is 15.1. The van der Waals surface area contributed by atoms with Gasteiger partial charge in [0.25, 0.3) is 0 Å². The number of amides is 1. The molecular weight excluding hydrogens is 287 g/mol. The number of hydrogen-bond acceptors (Lipinski definition) is 4. The van der Waals surface area contributed by atoms with E-state index in [0.717, 1.165) is 11.8 Å². The minimum absolute atomic E-state index is 0.153. The second-order valence-electron chi connectivity index (χ2n) is 6.05. The van der Waals surface area contributed by atoms with E-state index in [1.165, 1.54) is 6.07 Å². The highest BCUT2D eigenvalue weighted by Gasteiger charge is 2.26. The van der Waals surface area contributed by atoms with Crippen molar-refractivity contribution in [3.05, 3.63) is 29.1 Å². The van der Waals surface area contributed by atoms with Gasteiger partial charge in [-0.05, 0) is 43.1 Å². The zero-order valence-electron chi connectivity index (χ0n) is 12.5. The van der Waals surface area contributed by atoms with Crippen LogP contribution in [0.1, 0.15) is 11.1 Å². The van der Waals surface area contributed by atoms with Crippen LogP contribution in [0.2, 0.25) is 0 Å². The zero-order valence-corrected chi connectivity index (χ0v) is 12.5. The summed E-state index contributed by atoms with van der Waals surface area (Å²) in [5.41, 5.74) is 1.86.